The zero-order valence-corrected chi connectivity index (χ0v) is 15.4. The first-order valence-electron chi connectivity index (χ1n) is 8.43. The van der Waals surface area contributed by atoms with Gasteiger partial charge in [0.1, 0.15) is 23.3 Å². The Morgan fingerprint density at radius 2 is 1.93 bits per heavy atom. The van der Waals surface area contributed by atoms with Crippen molar-refractivity contribution < 1.29 is 8.78 Å². The molecule has 0 aliphatic rings. The topological polar surface area (TPSA) is 98.4 Å². The van der Waals surface area contributed by atoms with Crippen LogP contribution in [0.1, 0.15) is 18.7 Å². The number of pyridine rings is 1. The number of hydrogen-bond donors (Lipinski definition) is 2. The van der Waals surface area contributed by atoms with Crippen LogP contribution >= 0.6 is 0 Å². The first kappa shape index (κ1) is 17.8. The second-order valence-electron chi connectivity index (χ2n) is 6.34. The van der Waals surface area contributed by atoms with Gasteiger partial charge < -0.3 is 15.2 Å². The molecule has 9 nitrogen and oxygen atoms in total. The molecule has 4 aromatic heterocycles. The van der Waals surface area contributed by atoms with Crippen molar-refractivity contribution in [3.8, 4) is 0 Å². The van der Waals surface area contributed by atoms with Gasteiger partial charge in [-0.25, -0.2) is 13.8 Å². The summed E-state index contributed by atoms with van der Waals surface area (Å²) >= 11 is 0. The molecule has 0 aliphatic heterocycles. The van der Waals surface area contributed by atoms with E-state index in [0.29, 0.717) is 22.7 Å². The molecule has 0 unspecified atom stereocenters. The molecule has 0 fully saturated rings. The fraction of sp³-hybridized carbons (Fsp3) is 0.235. The molecule has 4 heterocycles. The van der Waals surface area contributed by atoms with Crippen LogP contribution < -0.4 is 10.6 Å². The average Bonchev–Trinajstić information content (AvgIpc) is 3.21. The fourth-order valence-corrected chi connectivity index (χ4v) is 2.79. The van der Waals surface area contributed by atoms with Crippen LogP contribution in [0.25, 0.3) is 11.0 Å². The number of halogens is 2. The Balaban J connectivity index is 1.69. The minimum Gasteiger partial charge on any atom is -0.346 e. The summed E-state index contributed by atoms with van der Waals surface area (Å²) in [6.45, 7) is 1.69. The molecule has 2 N–H and O–H groups in total. The number of fused-ring (bicyclic) bond motifs is 1. The smallest absolute Gasteiger partial charge is 0.227 e. The Bertz CT molecular complexity index is 1150. The zero-order valence-electron chi connectivity index (χ0n) is 15.4. The highest BCUT2D eigenvalue weighted by Crippen LogP contribution is 2.26. The van der Waals surface area contributed by atoms with Crippen LogP contribution in [0.2, 0.25) is 0 Å². The minimum atomic E-state index is -0.742. The number of nitrogens with one attached hydrogen (secondary N) is 2. The highest BCUT2D eigenvalue weighted by atomic mass is 19.1. The van der Waals surface area contributed by atoms with E-state index >= 15 is 0 Å². The predicted octanol–water partition coefficient (Wildman–Crippen LogP) is 2.69. The summed E-state index contributed by atoms with van der Waals surface area (Å²) in [6.07, 6.45) is 6.08. The van der Waals surface area contributed by atoms with Crippen molar-refractivity contribution >= 4 is 28.6 Å². The van der Waals surface area contributed by atoms with Gasteiger partial charge in [0.25, 0.3) is 0 Å². The molecule has 0 bridgehead atoms. The van der Waals surface area contributed by atoms with E-state index in [1.165, 1.54) is 0 Å². The van der Waals surface area contributed by atoms with E-state index in [-0.39, 0.29) is 11.6 Å². The van der Waals surface area contributed by atoms with Crippen molar-refractivity contribution in [3.05, 3.63) is 48.3 Å². The number of imidazole rings is 1. The van der Waals surface area contributed by atoms with Gasteiger partial charge >= 0.3 is 0 Å². The van der Waals surface area contributed by atoms with Crippen LogP contribution in [-0.2, 0) is 14.1 Å². The molecule has 0 aromatic carbocycles. The molecular formula is C17H17F2N9. The average molecular weight is 385 g/mol. The molecule has 4 aromatic rings. The second-order valence-corrected chi connectivity index (χ2v) is 6.34. The van der Waals surface area contributed by atoms with Crippen LogP contribution in [-0.4, -0.2) is 34.3 Å². The van der Waals surface area contributed by atoms with Gasteiger partial charge in [0, 0.05) is 26.4 Å². The Hall–Kier alpha value is -3.63. The van der Waals surface area contributed by atoms with Gasteiger partial charge in [-0.1, -0.05) is 0 Å². The molecule has 0 aliphatic carbocycles. The molecular weight excluding hydrogens is 368 g/mol. The highest BCUT2D eigenvalue weighted by Gasteiger charge is 2.17. The maximum absolute atomic E-state index is 14.0. The summed E-state index contributed by atoms with van der Waals surface area (Å²) in [6, 6.07) is 0.202. The second kappa shape index (κ2) is 6.83. The van der Waals surface area contributed by atoms with E-state index in [4.69, 9.17) is 0 Å². The quantitative estimate of drug-likeness (QED) is 0.545. The van der Waals surface area contributed by atoms with E-state index in [2.05, 4.69) is 35.7 Å². The number of hydrogen-bond acceptors (Lipinski definition) is 7. The van der Waals surface area contributed by atoms with Gasteiger partial charge in [-0.15, -0.1) is 0 Å². The predicted molar refractivity (Wildman–Crippen MR) is 99.0 cm³/mol. The molecule has 0 spiro atoms. The lowest BCUT2D eigenvalue weighted by atomic mass is 10.2. The molecule has 0 amide bonds. The molecule has 11 heteroatoms. The SMILES string of the molecule is C[C@@H](Nc1nc(Nc2cn(C)cn2)c2cnn(C)c2n1)c1ncc(F)cc1F. The van der Waals surface area contributed by atoms with Crippen molar-refractivity contribution in [2.45, 2.75) is 13.0 Å². The van der Waals surface area contributed by atoms with Gasteiger partial charge in [-0.05, 0) is 6.92 Å². The van der Waals surface area contributed by atoms with Gasteiger partial charge in [0.15, 0.2) is 5.65 Å². The van der Waals surface area contributed by atoms with E-state index < -0.39 is 17.7 Å². The number of rotatable bonds is 5. The maximum Gasteiger partial charge on any atom is 0.227 e. The lowest BCUT2D eigenvalue weighted by molar-refractivity contribution is 0.550. The van der Waals surface area contributed by atoms with Crippen molar-refractivity contribution in [1.29, 1.82) is 0 Å². The number of aryl methyl sites for hydroxylation is 2. The van der Waals surface area contributed by atoms with Crippen LogP contribution in [0.15, 0.2) is 31.0 Å². The van der Waals surface area contributed by atoms with Crippen molar-refractivity contribution in [1.82, 2.24) is 34.3 Å². The van der Waals surface area contributed by atoms with Crippen LogP contribution in [0.3, 0.4) is 0 Å². The Morgan fingerprint density at radius 3 is 2.64 bits per heavy atom. The van der Waals surface area contributed by atoms with Gasteiger partial charge in [0.05, 0.1) is 35.8 Å². The van der Waals surface area contributed by atoms with Crippen molar-refractivity contribution in [2.24, 2.45) is 14.1 Å². The highest BCUT2D eigenvalue weighted by molar-refractivity contribution is 5.89. The van der Waals surface area contributed by atoms with E-state index in [1.54, 1.807) is 41.9 Å². The summed E-state index contributed by atoms with van der Waals surface area (Å²) in [5, 5.41) is 11.1. The van der Waals surface area contributed by atoms with Crippen molar-refractivity contribution in [2.75, 3.05) is 10.6 Å². The van der Waals surface area contributed by atoms with Gasteiger partial charge in [-0.2, -0.15) is 15.1 Å². The monoisotopic (exact) mass is 385 g/mol. The van der Waals surface area contributed by atoms with E-state index in [1.807, 2.05) is 7.05 Å². The summed E-state index contributed by atoms with van der Waals surface area (Å²) in [7, 11) is 3.62. The minimum absolute atomic E-state index is 0.0642. The van der Waals surface area contributed by atoms with Crippen LogP contribution in [0.5, 0.6) is 0 Å². The van der Waals surface area contributed by atoms with Crippen LogP contribution in [0, 0.1) is 11.6 Å². The molecule has 0 saturated carbocycles. The third-order valence-corrected chi connectivity index (χ3v) is 4.14. The molecule has 0 radical (unpaired) electrons. The first-order valence-corrected chi connectivity index (χ1v) is 8.43. The number of anilines is 3. The fourth-order valence-electron chi connectivity index (χ4n) is 2.79. The lowest BCUT2D eigenvalue weighted by Crippen LogP contribution is -2.14. The largest absolute Gasteiger partial charge is 0.346 e. The Morgan fingerprint density at radius 1 is 1.11 bits per heavy atom. The molecule has 0 saturated heterocycles. The lowest BCUT2D eigenvalue weighted by Gasteiger charge is -2.15. The zero-order chi connectivity index (χ0) is 19.8. The number of aromatic nitrogens is 7. The van der Waals surface area contributed by atoms with Crippen LogP contribution in [0.4, 0.5) is 26.4 Å². The summed E-state index contributed by atoms with van der Waals surface area (Å²) in [5.74, 6) is -0.125. The van der Waals surface area contributed by atoms with E-state index in [9.17, 15) is 8.78 Å². The molecule has 1 atom stereocenters. The summed E-state index contributed by atoms with van der Waals surface area (Å²) in [5.41, 5.74) is 0.644. The molecule has 4 rings (SSSR count). The Labute approximate surface area is 158 Å². The van der Waals surface area contributed by atoms with Gasteiger partial charge in [-0.3, -0.25) is 9.67 Å². The summed E-state index contributed by atoms with van der Waals surface area (Å²) < 4.78 is 30.5. The third-order valence-electron chi connectivity index (χ3n) is 4.14. The molecule has 144 valence electrons. The first-order chi connectivity index (χ1) is 13.4. The normalized spacial score (nSPS) is 12.3. The van der Waals surface area contributed by atoms with E-state index in [0.717, 1.165) is 12.3 Å². The molecule has 28 heavy (non-hydrogen) atoms. The third kappa shape index (κ3) is 3.33. The maximum atomic E-state index is 14.0. The number of nitrogens with zero attached hydrogens (tertiary/aromatic N) is 7. The standard InChI is InChI=1S/C17H17F2N9/c1-9(14-12(19)4-10(18)5-20-14)23-17-25-15(24-13-7-27(2)8-21-13)11-6-22-28(3)16(11)26-17/h4-9H,1-3H3,(H2,23,24,25,26)/t9-/m1/s1. The van der Waals surface area contributed by atoms with Crippen molar-refractivity contribution in [3.63, 3.8) is 0 Å². The van der Waals surface area contributed by atoms with Gasteiger partial charge in [0.2, 0.25) is 5.95 Å². The Kier molecular flexibility index (Phi) is 4.34. The summed E-state index contributed by atoms with van der Waals surface area (Å²) in [4.78, 5) is 17.0.